The molecule has 1 aromatic carbocycles. The van der Waals surface area contributed by atoms with Gasteiger partial charge in [0.1, 0.15) is 6.61 Å². The maximum Gasteiger partial charge on any atom is 0.411 e. The van der Waals surface area contributed by atoms with Crippen molar-refractivity contribution in [3.05, 3.63) is 35.9 Å². The largest absolute Gasteiger partial charge is 0.411 e. The average molecular weight is 330 g/mol. The molecule has 1 aliphatic heterocycles. The van der Waals surface area contributed by atoms with Crippen LogP contribution in [0.5, 0.6) is 0 Å². The Hall–Kier alpha value is -2.09. The van der Waals surface area contributed by atoms with Crippen molar-refractivity contribution >= 4 is 11.8 Å². The molecule has 1 saturated heterocycles. The van der Waals surface area contributed by atoms with Gasteiger partial charge in [-0.05, 0) is 12.0 Å². The molecule has 23 heavy (non-hydrogen) atoms. The number of primary amides is 1. The van der Waals surface area contributed by atoms with Crippen molar-refractivity contribution in [2.45, 2.75) is 18.7 Å². The second kappa shape index (κ2) is 6.99. The number of nitrogens with zero attached hydrogens (tertiary/aromatic N) is 1. The lowest BCUT2D eigenvalue weighted by Gasteiger charge is -2.24. The monoisotopic (exact) mass is 330 g/mol. The smallest absolute Gasteiger partial charge is 0.369 e. The number of benzene rings is 1. The number of rotatable bonds is 5. The van der Waals surface area contributed by atoms with Gasteiger partial charge in [-0.15, -0.1) is 0 Å². The fourth-order valence-corrected chi connectivity index (χ4v) is 2.47. The van der Waals surface area contributed by atoms with Crippen LogP contribution in [-0.4, -0.2) is 42.6 Å². The van der Waals surface area contributed by atoms with Crippen LogP contribution in [0, 0.1) is 5.92 Å². The topological polar surface area (TPSA) is 72.6 Å². The summed E-state index contributed by atoms with van der Waals surface area (Å²) in [6.45, 7) is -1.15. The van der Waals surface area contributed by atoms with Crippen LogP contribution in [0.15, 0.2) is 30.3 Å². The Kier molecular flexibility index (Phi) is 5.25. The Morgan fingerprint density at radius 3 is 2.48 bits per heavy atom. The third-order valence-electron chi connectivity index (χ3n) is 3.64. The van der Waals surface area contributed by atoms with Crippen molar-refractivity contribution < 1.29 is 27.5 Å². The van der Waals surface area contributed by atoms with Gasteiger partial charge in [0.25, 0.3) is 5.91 Å². The highest BCUT2D eigenvalue weighted by Gasteiger charge is 2.37. The summed E-state index contributed by atoms with van der Waals surface area (Å²) in [6.07, 6.45) is -5.49. The fourth-order valence-electron chi connectivity index (χ4n) is 2.47. The summed E-state index contributed by atoms with van der Waals surface area (Å²) >= 11 is 0. The molecule has 2 N–H and O–H groups in total. The lowest BCUT2D eigenvalue weighted by atomic mass is 10.1. The Balaban J connectivity index is 2.13. The Morgan fingerprint density at radius 1 is 1.30 bits per heavy atom. The van der Waals surface area contributed by atoms with Crippen molar-refractivity contribution in [1.82, 2.24) is 4.90 Å². The van der Waals surface area contributed by atoms with Gasteiger partial charge in [0.15, 0.2) is 6.10 Å². The minimum atomic E-state index is -4.53. The first-order valence-corrected chi connectivity index (χ1v) is 7.09. The van der Waals surface area contributed by atoms with Gasteiger partial charge in [-0.25, -0.2) is 0 Å². The maximum atomic E-state index is 12.5. The van der Waals surface area contributed by atoms with Crippen LogP contribution in [-0.2, 0) is 14.3 Å². The summed E-state index contributed by atoms with van der Waals surface area (Å²) in [7, 11) is 0. The first-order valence-electron chi connectivity index (χ1n) is 7.09. The van der Waals surface area contributed by atoms with E-state index in [1.807, 2.05) is 0 Å². The quantitative estimate of drug-likeness (QED) is 0.892. The molecule has 0 saturated carbocycles. The molecule has 1 heterocycles. The van der Waals surface area contributed by atoms with E-state index in [0.717, 1.165) is 0 Å². The van der Waals surface area contributed by atoms with E-state index in [9.17, 15) is 22.8 Å². The standard InChI is InChI=1S/C15H17F3N2O3/c16-15(17,18)9-23-12(10-4-2-1-3-5-10)14(22)20-7-6-11(8-20)13(19)21/h1-5,11-12H,6-9H2,(H2,19,21)/t11-,12-/m0/s1. The van der Waals surface area contributed by atoms with Crippen molar-refractivity contribution in [3.63, 3.8) is 0 Å². The molecule has 0 bridgehead atoms. The summed E-state index contributed by atoms with van der Waals surface area (Å²) < 4.78 is 42.1. The van der Waals surface area contributed by atoms with Gasteiger partial charge in [-0.3, -0.25) is 9.59 Å². The molecule has 1 aliphatic rings. The summed E-state index contributed by atoms with van der Waals surface area (Å²) in [5.41, 5.74) is 5.54. The molecule has 1 aromatic rings. The van der Waals surface area contributed by atoms with E-state index in [4.69, 9.17) is 10.5 Å². The molecule has 1 fully saturated rings. The number of halogens is 3. The summed E-state index contributed by atoms with van der Waals surface area (Å²) in [5.74, 6) is -1.59. The van der Waals surface area contributed by atoms with Crippen LogP contribution in [0.1, 0.15) is 18.1 Å². The predicted molar refractivity (Wildman–Crippen MR) is 75.1 cm³/mol. The van der Waals surface area contributed by atoms with Crippen molar-refractivity contribution in [3.8, 4) is 0 Å². The zero-order chi connectivity index (χ0) is 17.0. The minimum absolute atomic E-state index is 0.104. The molecule has 0 radical (unpaired) electrons. The van der Waals surface area contributed by atoms with Gasteiger partial charge < -0.3 is 15.4 Å². The average Bonchev–Trinajstić information content (AvgIpc) is 2.97. The van der Waals surface area contributed by atoms with E-state index in [2.05, 4.69) is 0 Å². The first kappa shape index (κ1) is 17.3. The van der Waals surface area contributed by atoms with Crippen molar-refractivity contribution in [1.29, 1.82) is 0 Å². The highest BCUT2D eigenvalue weighted by atomic mass is 19.4. The van der Waals surface area contributed by atoms with E-state index in [1.165, 1.54) is 17.0 Å². The number of ether oxygens (including phenoxy) is 1. The highest BCUT2D eigenvalue weighted by molar-refractivity contribution is 5.84. The number of likely N-dealkylation sites (tertiary alicyclic amines) is 1. The lowest BCUT2D eigenvalue weighted by Crippen LogP contribution is -2.37. The summed E-state index contributed by atoms with van der Waals surface area (Å²) in [6, 6.07) is 7.97. The number of carbonyl (C=O) groups excluding carboxylic acids is 2. The number of hydrogen-bond acceptors (Lipinski definition) is 3. The van der Waals surface area contributed by atoms with E-state index in [0.29, 0.717) is 12.0 Å². The van der Waals surface area contributed by atoms with E-state index < -0.39 is 36.6 Å². The van der Waals surface area contributed by atoms with E-state index in [1.54, 1.807) is 18.2 Å². The highest BCUT2D eigenvalue weighted by Crippen LogP contribution is 2.27. The normalized spacial score (nSPS) is 19.6. The minimum Gasteiger partial charge on any atom is -0.369 e. The van der Waals surface area contributed by atoms with Gasteiger partial charge in [0, 0.05) is 13.1 Å². The Bertz CT molecular complexity index is 563. The van der Waals surface area contributed by atoms with Crippen LogP contribution >= 0.6 is 0 Å². The van der Waals surface area contributed by atoms with Gasteiger partial charge in [0.2, 0.25) is 5.91 Å². The van der Waals surface area contributed by atoms with Gasteiger partial charge in [0.05, 0.1) is 5.92 Å². The number of nitrogens with two attached hydrogens (primary N) is 1. The van der Waals surface area contributed by atoms with Gasteiger partial charge in [-0.1, -0.05) is 30.3 Å². The number of amides is 2. The Labute approximate surface area is 131 Å². The van der Waals surface area contributed by atoms with Crippen LogP contribution in [0.2, 0.25) is 0 Å². The molecule has 126 valence electrons. The van der Waals surface area contributed by atoms with Crippen LogP contribution in [0.25, 0.3) is 0 Å². The molecule has 2 amide bonds. The molecule has 0 unspecified atom stereocenters. The molecule has 2 rings (SSSR count). The van der Waals surface area contributed by atoms with Crippen LogP contribution in [0.4, 0.5) is 13.2 Å². The maximum absolute atomic E-state index is 12.5. The zero-order valence-corrected chi connectivity index (χ0v) is 12.3. The van der Waals surface area contributed by atoms with E-state index in [-0.39, 0.29) is 13.1 Å². The molecule has 5 nitrogen and oxygen atoms in total. The molecule has 0 spiro atoms. The fraction of sp³-hybridized carbons (Fsp3) is 0.467. The lowest BCUT2D eigenvalue weighted by molar-refractivity contribution is -0.191. The van der Waals surface area contributed by atoms with Gasteiger partial charge >= 0.3 is 6.18 Å². The number of hydrogen-bond donors (Lipinski definition) is 1. The number of carbonyl (C=O) groups is 2. The summed E-state index contributed by atoms with van der Waals surface area (Å²) in [5, 5.41) is 0. The second-order valence-electron chi connectivity index (χ2n) is 5.39. The summed E-state index contributed by atoms with van der Waals surface area (Å²) in [4.78, 5) is 25.0. The molecular weight excluding hydrogens is 313 g/mol. The Morgan fingerprint density at radius 2 is 1.96 bits per heavy atom. The third kappa shape index (κ3) is 4.69. The van der Waals surface area contributed by atoms with Crippen LogP contribution < -0.4 is 5.73 Å². The SMILES string of the molecule is NC(=O)[C@H]1CCN(C(=O)[C@@H](OCC(F)(F)F)c2ccccc2)C1. The van der Waals surface area contributed by atoms with Crippen molar-refractivity contribution in [2.24, 2.45) is 11.7 Å². The van der Waals surface area contributed by atoms with Crippen molar-refractivity contribution in [2.75, 3.05) is 19.7 Å². The zero-order valence-electron chi connectivity index (χ0n) is 12.3. The molecular formula is C15H17F3N2O3. The molecule has 8 heteroatoms. The van der Waals surface area contributed by atoms with Crippen LogP contribution in [0.3, 0.4) is 0 Å². The second-order valence-corrected chi connectivity index (χ2v) is 5.39. The molecule has 2 atom stereocenters. The molecule has 0 aromatic heterocycles. The van der Waals surface area contributed by atoms with E-state index >= 15 is 0 Å². The first-order chi connectivity index (χ1) is 10.8. The third-order valence-corrected chi connectivity index (χ3v) is 3.64. The van der Waals surface area contributed by atoms with Gasteiger partial charge in [-0.2, -0.15) is 13.2 Å². The predicted octanol–water partition coefficient (Wildman–Crippen LogP) is 1.64. The number of alkyl halides is 3. The molecule has 0 aliphatic carbocycles.